The fraction of sp³-hybridized carbons (Fsp3) is 0.227. The standard InChI is InChI=1S/C22H21ClN4O5/c1-30-17-8-14(9-18(31-2)20(17)32-3)25-19(28)10-16-22(29)26-21-15(11-24-27(16)21)12-4-6-13(23)7-5-12/h4-9,11,16H,10H2,1-3H3,(H,25,28)(H,26,29). The predicted octanol–water partition coefficient (Wildman–Crippen LogP) is 3.75. The van der Waals surface area contributed by atoms with Crippen LogP contribution in [0.5, 0.6) is 17.2 Å². The van der Waals surface area contributed by atoms with Crippen molar-refractivity contribution in [2.24, 2.45) is 0 Å². The smallest absolute Gasteiger partial charge is 0.251 e. The summed E-state index contributed by atoms with van der Waals surface area (Å²) in [6.07, 6.45) is 1.55. The van der Waals surface area contributed by atoms with E-state index in [1.165, 1.54) is 26.0 Å². The summed E-state index contributed by atoms with van der Waals surface area (Å²) in [5, 5.41) is 10.5. The quantitative estimate of drug-likeness (QED) is 0.561. The van der Waals surface area contributed by atoms with Crippen LogP contribution in [-0.2, 0) is 9.59 Å². The molecule has 2 aromatic carbocycles. The van der Waals surface area contributed by atoms with Crippen LogP contribution in [0.2, 0.25) is 5.02 Å². The van der Waals surface area contributed by atoms with E-state index < -0.39 is 6.04 Å². The predicted molar refractivity (Wildman–Crippen MR) is 120 cm³/mol. The largest absolute Gasteiger partial charge is 0.493 e. The highest BCUT2D eigenvalue weighted by Gasteiger charge is 2.35. The number of amides is 2. The Morgan fingerprint density at radius 3 is 2.38 bits per heavy atom. The summed E-state index contributed by atoms with van der Waals surface area (Å²) < 4.78 is 17.4. The average molecular weight is 457 g/mol. The molecule has 9 nitrogen and oxygen atoms in total. The van der Waals surface area contributed by atoms with Crippen LogP contribution in [0.3, 0.4) is 0 Å². The first-order valence-electron chi connectivity index (χ1n) is 9.69. The zero-order valence-corrected chi connectivity index (χ0v) is 18.4. The van der Waals surface area contributed by atoms with E-state index >= 15 is 0 Å². The molecule has 166 valence electrons. The minimum Gasteiger partial charge on any atom is -0.493 e. The van der Waals surface area contributed by atoms with Crippen LogP contribution in [0.1, 0.15) is 12.5 Å². The van der Waals surface area contributed by atoms with Crippen molar-refractivity contribution in [2.45, 2.75) is 12.5 Å². The SMILES string of the molecule is COc1cc(NC(=O)CC2C(=O)Nc3c(-c4ccc(Cl)cc4)cnn32)cc(OC)c1OC. The van der Waals surface area contributed by atoms with Gasteiger partial charge in [0, 0.05) is 28.4 Å². The Morgan fingerprint density at radius 1 is 1.12 bits per heavy atom. The number of carbonyl (C=O) groups is 2. The number of nitrogens with one attached hydrogen (secondary N) is 2. The Labute approximate surface area is 189 Å². The van der Waals surface area contributed by atoms with Crippen molar-refractivity contribution in [3.63, 3.8) is 0 Å². The second-order valence-corrected chi connectivity index (χ2v) is 7.47. The van der Waals surface area contributed by atoms with Crippen LogP contribution in [0.4, 0.5) is 11.5 Å². The third-order valence-corrected chi connectivity index (χ3v) is 5.37. The lowest BCUT2D eigenvalue weighted by atomic mass is 10.1. The van der Waals surface area contributed by atoms with Crippen molar-refractivity contribution in [1.82, 2.24) is 9.78 Å². The monoisotopic (exact) mass is 456 g/mol. The van der Waals surface area contributed by atoms with Gasteiger partial charge in [-0.3, -0.25) is 9.59 Å². The lowest BCUT2D eigenvalue weighted by Crippen LogP contribution is -2.23. The van der Waals surface area contributed by atoms with E-state index in [1.54, 1.807) is 30.5 Å². The van der Waals surface area contributed by atoms with E-state index in [-0.39, 0.29) is 18.2 Å². The van der Waals surface area contributed by atoms with Crippen LogP contribution in [-0.4, -0.2) is 42.9 Å². The molecule has 0 saturated carbocycles. The average Bonchev–Trinajstić information content (AvgIpc) is 3.32. The van der Waals surface area contributed by atoms with E-state index in [4.69, 9.17) is 25.8 Å². The van der Waals surface area contributed by atoms with E-state index in [0.29, 0.717) is 33.8 Å². The van der Waals surface area contributed by atoms with Gasteiger partial charge in [-0.2, -0.15) is 5.10 Å². The van der Waals surface area contributed by atoms with Crippen LogP contribution >= 0.6 is 11.6 Å². The molecule has 3 aromatic rings. The van der Waals surface area contributed by atoms with Gasteiger partial charge in [0.15, 0.2) is 11.5 Å². The maximum Gasteiger partial charge on any atom is 0.251 e. The van der Waals surface area contributed by atoms with Gasteiger partial charge in [0.2, 0.25) is 11.7 Å². The third kappa shape index (κ3) is 3.94. The third-order valence-electron chi connectivity index (χ3n) is 5.12. The molecule has 4 rings (SSSR count). The number of hydrogen-bond donors (Lipinski definition) is 2. The number of halogens is 1. The minimum absolute atomic E-state index is 0.1000. The van der Waals surface area contributed by atoms with E-state index in [2.05, 4.69) is 15.7 Å². The topological polar surface area (TPSA) is 104 Å². The molecule has 0 radical (unpaired) electrons. The molecule has 0 bridgehead atoms. The minimum atomic E-state index is -0.770. The number of fused-ring (bicyclic) bond motifs is 1. The van der Waals surface area contributed by atoms with Crippen molar-refractivity contribution >= 4 is 34.9 Å². The molecule has 1 aromatic heterocycles. The first-order valence-corrected chi connectivity index (χ1v) is 10.1. The summed E-state index contributed by atoms with van der Waals surface area (Å²) in [4.78, 5) is 25.3. The molecular formula is C22H21ClN4O5. The second kappa shape index (κ2) is 8.80. The zero-order chi connectivity index (χ0) is 22.8. The Morgan fingerprint density at radius 2 is 1.78 bits per heavy atom. The van der Waals surface area contributed by atoms with Gasteiger partial charge in [0.1, 0.15) is 11.9 Å². The number of benzene rings is 2. The molecule has 1 unspecified atom stereocenters. The van der Waals surface area contributed by atoms with Crippen molar-refractivity contribution < 1.29 is 23.8 Å². The van der Waals surface area contributed by atoms with E-state index in [9.17, 15) is 9.59 Å². The number of methoxy groups -OCH3 is 3. The second-order valence-electron chi connectivity index (χ2n) is 7.03. The molecule has 0 fully saturated rings. The number of aromatic nitrogens is 2. The summed E-state index contributed by atoms with van der Waals surface area (Å²) in [5.74, 6) is 1.10. The fourth-order valence-electron chi connectivity index (χ4n) is 3.59. The zero-order valence-electron chi connectivity index (χ0n) is 17.6. The molecule has 32 heavy (non-hydrogen) atoms. The van der Waals surface area contributed by atoms with Crippen molar-refractivity contribution in [1.29, 1.82) is 0 Å². The summed E-state index contributed by atoms with van der Waals surface area (Å²) in [6.45, 7) is 0. The molecular weight excluding hydrogens is 436 g/mol. The Hall–Kier alpha value is -3.72. The summed E-state index contributed by atoms with van der Waals surface area (Å²) in [7, 11) is 4.48. The van der Waals surface area contributed by atoms with Crippen molar-refractivity contribution in [3.05, 3.63) is 47.6 Å². The van der Waals surface area contributed by atoms with Gasteiger partial charge in [-0.1, -0.05) is 23.7 Å². The van der Waals surface area contributed by atoms with Gasteiger partial charge in [0.25, 0.3) is 5.91 Å². The molecule has 1 aliphatic heterocycles. The fourth-order valence-corrected chi connectivity index (χ4v) is 3.72. The Balaban J connectivity index is 1.53. The van der Waals surface area contributed by atoms with Crippen LogP contribution < -0.4 is 24.8 Å². The number of ether oxygens (including phenoxy) is 3. The summed E-state index contributed by atoms with van der Waals surface area (Å²) in [6, 6.07) is 9.68. The highest BCUT2D eigenvalue weighted by atomic mass is 35.5. The van der Waals surface area contributed by atoms with Gasteiger partial charge < -0.3 is 24.8 Å². The van der Waals surface area contributed by atoms with E-state index in [0.717, 1.165) is 11.1 Å². The molecule has 2 N–H and O–H groups in total. The molecule has 2 amide bonds. The molecule has 1 aliphatic rings. The number of rotatable bonds is 7. The summed E-state index contributed by atoms with van der Waals surface area (Å²) >= 11 is 5.96. The highest BCUT2D eigenvalue weighted by molar-refractivity contribution is 6.30. The summed E-state index contributed by atoms with van der Waals surface area (Å²) in [5.41, 5.74) is 2.06. The first kappa shape index (κ1) is 21.5. The Kier molecular flexibility index (Phi) is 5.91. The van der Waals surface area contributed by atoms with Gasteiger partial charge in [-0.05, 0) is 17.7 Å². The van der Waals surface area contributed by atoms with Gasteiger partial charge in [0.05, 0.1) is 33.9 Å². The van der Waals surface area contributed by atoms with Crippen LogP contribution in [0.25, 0.3) is 11.1 Å². The Bertz CT molecular complexity index is 1150. The molecule has 10 heteroatoms. The number of nitrogens with zero attached hydrogens (tertiary/aromatic N) is 2. The van der Waals surface area contributed by atoms with Crippen molar-refractivity contribution in [2.75, 3.05) is 32.0 Å². The maximum absolute atomic E-state index is 12.7. The molecule has 0 saturated heterocycles. The van der Waals surface area contributed by atoms with Crippen LogP contribution in [0, 0.1) is 0 Å². The molecule has 1 atom stereocenters. The lowest BCUT2D eigenvalue weighted by Gasteiger charge is -2.15. The molecule has 0 aliphatic carbocycles. The van der Waals surface area contributed by atoms with Gasteiger partial charge in [-0.15, -0.1) is 0 Å². The van der Waals surface area contributed by atoms with E-state index in [1.807, 2.05) is 12.1 Å². The first-order chi connectivity index (χ1) is 15.4. The number of hydrogen-bond acceptors (Lipinski definition) is 6. The molecule has 0 spiro atoms. The van der Waals surface area contributed by atoms with Crippen LogP contribution in [0.15, 0.2) is 42.6 Å². The van der Waals surface area contributed by atoms with Gasteiger partial charge in [-0.25, -0.2) is 4.68 Å². The number of anilines is 2. The number of carbonyl (C=O) groups excluding carboxylic acids is 2. The van der Waals surface area contributed by atoms with Crippen molar-refractivity contribution in [3.8, 4) is 28.4 Å². The molecule has 2 heterocycles. The van der Waals surface area contributed by atoms with Gasteiger partial charge >= 0.3 is 0 Å². The normalized spacial score (nSPS) is 14.5. The maximum atomic E-state index is 12.7. The highest BCUT2D eigenvalue weighted by Crippen LogP contribution is 2.40. The lowest BCUT2D eigenvalue weighted by molar-refractivity contribution is -0.123.